The smallest absolute Gasteiger partial charge is 0.446 e. The van der Waals surface area contributed by atoms with Gasteiger partial charge in [-0.3, -0.25) is 13.9 Å². The summed E-state index contributed by atoms with van der Waals surface area (Å²) >= 11 is 0. The van der Waals surface area contributed by atoms with Gasteiger partial charge in [0.1, 0.15) is 17.6 Å². The molecule has 2 aromatic carbocycles. The summed E-state index contributed by atoms with van der Waals surface area (Å²) in [5, 5.41) is 0.0281. The first kappa shape index (κ1) is 20.6. The molecule has 0 aliphatic heterocycles. The third-order valence-corrected chi connectivity index (χ3v) is 4.41. The van der Waals surface area contributed by atoms with Crippen LogP contribution in [-0.2, 0) is 20.8 Å². The number of fused-ring (bicyclic) bond motifs is 1. The fraction of sp³-hybridized carbons (Fsp3) is 0.0625. The second kappa shape index (κ2) is 7.36. The highest BCUT2D eigenvalue weighted by atomic mass is 32.3. The number of methoxy groups -OCH3 is 1. The van der Waals surface area contributed by atoms with Gasteiger partial charge < -0.3 is 17.5 Å². The highest BCUT2D eigenvalue weighted by molar-refractivity contribution is 7.81. The standard InChI is InChI=1S/C16H12O11S2/c1-24-14-6-11-13(7-15(14)27-29(21,22)23)25-8-12(16(11)17)9-2-4-10(5-3-9)26-28(18,19)20/h2-8H,1H3,(H,18,19,20)(H,21,22,23). The number of rotatable bonds is 6. The van der Waals surface area contributed by atoms with Crippen LogP contribution in [0.3, 0.4) is 0 Å². The summed E-state index contributed by atoms with van der Waals surface area (Å²) in [6, 6.07) is 7.42. The summed E-state index contributed by atoms with van der Waals surface area (Å²) in [6.45, 7) is 0. The van der Waals surface area contributed by atoms with Crippen molar-refractivity contribution in [2.24, 2.45) is 0 Å². The molecule has 29 heavy (non-hydrogen) atoms. The third kappa shape index (κ3) is 4.83. The summed E-state index contributed by atoms with van der Waals surface area (Å²) < 4.78 is 79.9. The molecule has 0 saturated carbocycles. The molecule has 3 rings (SSSR count). The highest BCUT2D eigenvalue weighted by Crippen LogP contribution is 2.33. The van der Waals surface area contributed by atoms with E-state index in [4.69, 9.17) is 18.3 Å². The fourth-order valence-electron chi connectivity index (χ4n) is 2.49. The molecule has 154 valence electrons. The van der Waals surface area contributed by atoms with Gasteiger partial charge in [-0.25, -0.2) is 0 Å². The molecule has 0 atom stereocenters. The normalized spacial score (nSPS) is 12.0. The quantitative estimate of drug-likeness (QED) is 0.532. The lowest BCUT2D eigenvalue weighted by atomic mass is 10.1. The van der Waals surface area contributed by atoms with Crippen molar-refractivity contribution in [1.29, 1.82) is 0 Å². The molecule has 0 saturated heterocycles. The van der Waals surface area contributed by atoms with Gasteiger partial charge in [0.15, 0.2) is 11.5 Å². The lowest BCUT2D eigenvalue weighted by Gasteiger charge is -2.10. The fourth-order valence-corrected chi connectivity index (χ4v) is 3.20. The highest BCUT2D eigenvalue weighted by Gasteiger charge is 2.18. The van der Waals surface area contributed by atoms with E-state index >= 15 is 0 Å². The summed E-state index contributed by atoms with van der Waals surface area (Å²) in [4.78, 5) is 12.8. The zero-order chi connectivity index (χ0) is 21.4. The molecule has 13 heteroatoms. The van der Waals surface area contributed by atoms with Crippen LogP contribution >= 0.6 is 0 Å². The van der Waals surface area contributed by atoms with Gasteiger partial charge in [-0.1, -0.05) is 12.1 Å². The van der Waals surface area contributed by atoms with Gasteiger partial charge in [0.2, 0.25) is 5.43 Å². The van der Waals surface area contributed by atoms with Gasteiger partial charge in [-0.15, -0.1) is 0 Å². The predicted molar refractivity (Wildman–Crippen MR) is 98.8 cm³/mol. The molecule has 11 nitrogen and oxygen atoms in total. The van der Waals surface area contributed by atoms with Gasteiger partial charge in [0.05, 0.1) is 18.1 Å². The Morgan fingerprint density at radius 3 is 2.07 bits per heavy atom. The van der Waals surface area contributed by atoms with Crippen LogP contribution in [0, 0.1) is 0 Å². The largest absolute Gasteiger partial charge is 0.493 e. The van der Waals surface area contributed by atoms with Crippen molar-refractivity contribution >= 4 is 31.8 Å². The van der Waals surface area contributed by atoms with Crippen molar-refractivity contribution in [2.45, 2.75) is 0 Å². The minimum Gasteiger partial charge on any atom is -0.493 e. The zero-order valence-corrected chi connectivity index (χ0v) is 16.1. The molecule has 0 aliphatic carbocycles. The number of hydrogen-bond acceptors (Lipinski definition) is 9. The predicted octanol–water partition coefficient (Wildman–Crippen LogP) is 1.83. The van der Waals surface area contributed by atoms with Gasteiger partial charge in [-0.2, -0.15) is 16.8 Å². The molecule has 0 unspecified atom stereocenters. The van der Waals surface area contributed by atoms with Crippen LogP contribution in [0.1, 0.15) is 0 Å². The first-order valence-corrected chi connectivity index (χ1v) is 10.3. The van der Waals surface area contributed by atoms with E-state index in [1.165, 1.54) is 37.4 Å². The molecule has 0 amide bonds. The molecule has 0 bridgehead atoms. The topological polar surface area (TPSA) is 167 Å². The first-order chi connectivity index (χ1) is 13.5. The summed E-state index contributed by atoms with van der Waals surface area (Å²) in [5.74, 6) is -0.698. The van der Waals surface area contributed by atoms with E-state index in [1.807, 2.05) is 0 Å². The molecule has 1 aromatic heterocycles. The Hall–Kier alpha value is -3.13. The van der Waals surface area contributed by atoms with Crippen molar-refractivity contribution in [3.05, 3.63) is 52.9 Å². The molecule has 1 heterocycles. The Bertz CT molecular complexity index is 1340. The van der Waals surface area contributed by atoms with Crippen LogP contribution in [-0.4, -0.2) is 33.1 Å². The second-order valence-electron chi connectivity index (χ2n) is 5.52. The minimum atomic E-state index is -4.83. The zero-order valence-electron chi connectivity index (χ0n) is 14.4. The molecule has 0 radical (unpaired) electrons. The Balaban J connectivity index is 2.08. The average Bonchev–Trinajstić information content (AvgIpc) is 2.60. The monoisotopic (exact) mass is 444 g/mol. The van der Waals surface area contributed by atoms with Crippen molar-refractivity contribution in [3.63, 3.8) is 0 Å². The summed E-state index contributed by atoms with van der Waals surface area (Å²) in [7, 11) is -8.31. The van der Waals surface area contributed by atoms with Crippen LogP contribution in [0.4, 0.5) is 0 Å². The maximum absolute atomic E-state index is 12.8. The Kier molecular flexibility index (Phi) is 5.23. The lowest BCUT2D eigenvalue weighted by Crippen LogP contribution is -2.09. The van der Waals surface area contributed by atoms with Crippen LogP contribution < -0.4 is 18.5 Å². The molecule has 0 fully saturated rings. The van der Waals surface area contributed by atoms with E-state index < -0.39 is 26.2 Å². The van der Waals surface area contributed by atoms with Gasteiger partial charge >= 0.3 is 20.8 Å². The van der Waals surface area contributed by atoms with Crippen molar-refractivity contribution in [2.75, 3.05) is 7.11 Å². The first-order valence-electron chi connectivity index (χ1n) is 7.54. The van der Waals surface area contributed by atoms with Crippen LogP contribution in [0.25, 0.3) is 22.1 Å². The van der Waals surface area contributed by atoms with Gasteiger partial charge in [0.25, 0.3) is 0 Å². The van der Waals surface area contributed by atoms with Gasteiger partial charge in [-0.05, 0) is 23.8 Å². The Morgan fingerprint density at radius 1 is 0.897 bits per heavy atom. The summed E-state index contributed by atoms with van der Waals surface area (Å²) in [5.41, 5.74) is -0.0992. The van der Waals surface area contributed by atoms with Gasteiger partial charge in [0, 0.05) is 6.07 Å². The van der Waals surface area contributed by atoms with Crippen molar-refractivity contribution in [1.82, 2.24) is 0 Å². The molecule has 0 aliphatic rings. The molecular weight excluding hydrogens is 432 g/mol. The van der Waals surface area contributed by atoms with E-state index in [2.05, 4.69) is 8.37 Å². The maximum atomic E-state index is 12.8. The average molecular weight is 444 g/mol. The van der Waals surface area contributed by atoms with Crippen LogP contribution in [0.15, 0.2) is 51.9 Å². The Morgan fingerprint density at radius 2 is 1.52 bits per heavy atom. The second-order valence-corrected chi connectivity index (χ2v) is 7.57. The molecule has 3 aromatic rings. The molecular formula is C16H12O11S2. The third-order valence-electron chi connectivity index (χ3n) is 3.62. The maximum Gasteiger partial charge on any atom is 0.446 e. The van der Waals surface area contributed by atoms with Crippen molar-refractivity contribution in [3.8, 4) is 28.4 Å². The summed E-state index contributed by atoms with van der Waals surface area (Å²) in [6.07, 6.45) is 1.10. The Labute approximate surface area is 164 Å². The number of benzene rings is 2. The SMILES string of the molecule is COc1cc2c(=O)c(-c3ccc(OS(=O)(=O)O)cc3)coc2cc1OS(=O)(=O)O. The van der Waals surface area contributed by atoms with E-state index in [9.17, 15) is 21.6 Å². The lowest BCUT2D eigenvalue weighted by molar-refractivity contribution is 0.360. The number of ether oxygens (including phenoxy) is 1. The van der Waals surface area contributed by atoms with Crippen molar-refractivity contribution < 1.29 is 43.5 Å². The number of hydrogen-bond donors (Lipinski definition) is 2. The van der Waals surface area contributed by atoms with Crippen LogP contribution in [0.5, 0.6) is 17.2 Å². The van der Waals surface area contributed by atoms with Crippen LogP contribution in [0.2, 0.25) is 0 Å². The van der Waals surface area contributed by atoms with E-state index in [0.29, 0.717) is 5.56 Å². The minimum absolute atomic E-state index is 0.0281. The molecule has 0 spiro atoms. The van der Waals surface area contributed by atoms with E-state index in [1.54, 1.807) is 0 Å². The van der Waals surface area contributed by atoms with E-state index in [-0.39, 0.29) is 33.8 Å². The van der Waals surface area contributed by atoms with E-state index in [0.717, 1.165) is 12.3 Å². The molecule has 2 N–H and O–H groups in total.